The van der Waals surface area contributed by atoms with E-state index in [1.54, 1.807) is 0 Å². The van der Waals surface area contributed by atoms with E-state index < -0.39 is 0 Å². The van der Waals surface area contributed by atoms with Crippen LogP contribution in [-0.2, 0) is 4.79 Å². The quantitative estimate of drug-likeness (QED) is 0.750. The molecule has 0 N–H and O–H groups in total. The Labute approximate surface area is 104 Å². The van der Waals surface area contributed by atoms with Gasteiger partial charge in [0.05, 0.1) is 0 Å². The minimum Gasteiger partial charge on any atom is -0.340 e. The fourth-order valence-electron chi connectivity index (χ4n) is 2.40. The highest BCUT2D eigenvalue weighted by molar-refractivity contribution is 7.80. The summed E-state index contributed by atoms with van der Waals surface area (Å²) in [7, 11) is 0. The second-order valence-electron chi connectivity index (χ2n) is 4.87. The summed E-state index contributed by atoms with van der Waals surface area (Å²) < 4.78 is 0. The molecule has 0 unspecified atom stereocenters. The van der Waals surface area contributed by atoms with Crippen LogP contribution in [0.4, 0.5) is 0 Å². The summed E-state index contributed by atoms with van der Waals surface area (Å²) in [6, 6.07) is 0. The molecular weight excluding hydrogens is 220 g/mol. The number of rotatable bonds is 4. The first-order valence-corrected chi connectivity index (χ1v) is 7.06. The first-order chi connectivity index (χ1) is 7.81. The molecule has 0 bridgehead atoms. The fourth-order valence-corrected chi connectivity index (χ4v) is 2.54. The Kier molecular flexibility index (Phi) is 4.53. The highest BCUT2D eigenvalue weighted by atomic mass is 32.1. The van der Waals surface area contributed by atoms with Crippen molar-refractivity contribution < 1.29 is 4.79 Å². The van der Waals surface area contributed by atoms with Crippen LogP contribution in [0.15, 0.2) is 0 Å². The predicted octanol–water partition coefficient (Wildman–Crippen LogP) is 1.25. The van der Waals surface area contributed by atoms with Crippen LogP contribution >= 0.6 is 12.6 Å². The molecule has 1 aliphatic heterocycles. The molecule has 0 atom stereocenters. The van der Waals surface area contributed by atoms with Gasteiger partial charge < -0.3 is 4.90 Å². The van der Waals surface area contributed by atoms with Crippen LogP contribution in [0.2, 0.25) is 0 Å². The van der Waals surface area contributed by atoms with Gasteiger partial charge in [-0.05, 0) is 31.6 Å². The highest BCUT2D eigenvalue weighted by Gasteiger charge is 2.30. The van der Waals surface area contributed by atoms with Crippen molar-refractivity contribution in [2.24, 2.45) is 5.92 Å². The van der Waals surface area contributed by atoms with Crippen molar-refractivity contribution in [3.05, 3.63) is 0 Å². The van der Waals surface area contributed by atoms with Crippen molar-refractivity contribution >= 4 is 18.5 Å². The monoisotopic (exact) mass is 242 g/mol. The molecule has 2 aliphatic rings. The number of hydrogen-bond acceptors (Lipinski definition) is 3. The molecule has 1 heterocycles. The number of piperazine rings is 1. The van der Waals surface area contributed by atoms with Crippen LogP contribution in [0.25, 0.3) is 0 Å². The maximum absolute atomic E-state index is 12.0. The van der Waals surface area contributed by atoms with Crippen molar-refractivity contribution in [2.45, 2.75) is 25.7 Å². The molecule has 2 fully saturated rings. The van der Waals surface area contributed by atoms with Crippen LogP contribution in [0.3, 0.4) is 0 Å². The van der Waals surface area contributed by atoms with E-state index in [2.05, 4.69) is 22.4 Å². The Hall–Kier alpha value is -0.220. The van der Waals surface area contributed by atoms with Gasteiger partial charge in [-0.3, -0.25) is 9.69 Å². The molecule has 1 saturated carbocycles. The third kappa shape index (κ3) is 2.92. The van der Waals surface area contributed by atoms with Gasteiger partial charge in [0.2, 0.25) is 5.91 Å². The molecule has 16 heavy (non-hydrogen) atoms. The Morgan fingerprint density at radius 3 is 2.38 bits per heavy atom. The number of nitrogens with zero attached hydrogens (tertiary/aromatic N) is 2. The van der Waals surface area contributed by atoms with E-state index >= 15 is 0 Å². The maximum Gasteiger partial charge on any atom is 0.225 e. The maximum atomic E-state index is 12.0. The third-order valence-electron chi connectivity index (χ3n) is 3.77. The molecule has 92 valence electrons. The molecule has 0 radical (unpaired) electrons. The zero-order valence-electron chi connectivity index (χ0n) is 9.90. The van der Waals surface area contributed by atoms with Gasteiger partial charge in [-0.1, -0.05) is 6.42 Å². The van der Waals surface area contributed by atoms with Crippen molar-refractivity contribution in [1.82, 2.24) is 9.80 Å². The van der Waals surface area contributed by atoms with Crippen molar-refractivity contribution in [2.75, 3.05) is 38.5 Å². The number of thiol groups is 1. The van der Waals surface area contributed by atoms with Gasteiger partial charge in [0.1, 0.15) is 0 Å². The summed E-state index contributed by atoms with van der Waals surface area (Å²) in [5.74, 6) is 1.74. The SMILES string of the molecule is O=C(C1CCC1)N1CCN(CCCS)CC1. The zero-order chi connectivity index (χ0) is 11.4. The molecule has 0 aromatic carbocycles. The van der Waals surface area contributed by atoms with Gasteiger partial charge in [0, 0.05) is 32.1 Å². The Morgan fingerprint density at radius 1 is 1.19 bits per heavy atom. The zero-order valence-corrected chi connectivity index (χ0v) is 10.8. The first kappa shape index (κ1) is 12.2. The standard InChI is InChI=1S/C12H22N2OS/c15-12(11-3-1-4-11)14-8-6-13(7-9-14)5-2-10-16/h11,16H,1-10H2. The highest BCUT2D eigenvalue weighted by Crippen LogP contribution is 2.28. The first-order valence-electron chi connectivity index (χ1n) is 6.43. The van der Waals surface area contributed by atoms with Gasteiger partial charge in [0.15, 0.2) is 0 Å². The van der Waals surface area contributed by atoms with Crippen LogP contribution < -0.4 is 0 Å². The van der Waals surface area contributed by atoms with E-state index in [1.807, 2.05) is 0 Å². The summed E-state index contributed by atoms with van der Waals surface area (Å²) in [5.41, 5.74) is 0. The molecule has 3 nitrogen and oxygen atoms in total. The Morgan fingerprint density at radius 2 is 1.88 bits per heavy atom. The smallest absolute Gasteiger partial charge is 0.225 e. The van der Waals surface area contributed by atoms with Crippen molar-refractivity contribution in [1.29, 1.82) is 0 Å². The normalized spacial score (nSPS) is 23.2. The summed E-state index contributed by atoms with van der Waals surface area (Å²) in [5, 5.41) is 0. The topological polar surface area (TPSA) is 23.6 Å². The molecule has 0 aromatic heterocycles. The second-order valence-corrected chi connectivity index (χ2v) is 5.32. The average molecular weight is 242 g/mol. The fraction of sp³-hybridized carbons (Fsp3) is 0.917. The molecule has 2 rings (SSSR count). The number of amides is 1. The molecular formula is C12H22N2OS. The second kappa shape index (κ2) is 5.92. The average Bonchev–Trinajstić information content (AvgIpc) is 2.24. The lowest BCUT2D eigenvalue weighted by Gasteiger charge is -2.38. The summed E-state index contributed by atoms with van der Waals surface area (Å²) in [6.07, 6.45) is 4.65. The lowest BCUT2D eigenvalue weighted by molar-refractivity contribution is -0.139. The van der Waals surface area contributed by atoms with Crippen LogP contribution in [0, 0.1) is 5.92 Å². The van der Waals surface area contributed by atoms with Crippen molar-refractivity contribution in [3.8, 4) is 0 Å². The summed E-state index contributed by atoms with van der Waals surface area (Å²) in [6.45, 7) is 5.09. The summed E-state index contributed by atoms with van der Waals surface area (Å²) >= 11 is 4.23. The van der Waals surface area contributed by atoms with Crippen molar-refractivity contribution in [3.63, 3.8) is 0 Å². The van der Waals surface area contributed by atoms with Gasteiger partial charge >= 0.3 is 0 Å². The van der Waals surface area contributed by atoms with Crippen LogP contribution in [0.5, 0.6) is 0 Å². The van der Waals surface area contributed by atoms with E-state index in [0.717, 1.165) is 57.7 Å². The lowest BCUT2D eigenvalue weighted by atomic mass is 9.84. The number of hydrogen-bond donors (Lipinski definition) is 1. The minimum atomic E-state index is 0.365. The van der Waals surface area contributed by atoms with E-state index in [-0.39, 0.29) is 0 Å². The van der Waals surface area contributed by atoms with E-state index in [1.165, 1.54) is 6.42 Å². The third-order valence-corrected chi connectivity index (χ3v) is 4.09. The summed E-state index contributed by atoms with van der Waals surface area (Å²) in [4.78, 5) is 16.5. The van der Waals surface area contributed by atoms with Crippen LogP contribution in [0.1, 0.15) is 25.7 Å². The molecule has 1 aliphatic carbocycles. The largest absolute Gasteiger partial charge is 0.340 e. The van der Waals surface area contributed by atoms with Gasteiger partial charge in [-0.25, -0.2) is 0 Å². The Balaban J connectivity index is 1.69. The van der Waals surface area contributed by atoms with Gasteiger partial charge in [-0.15, -0.1) is 0 Å². The Bertz CT molecular complexity index is 235. The number of carbonyl (C=O) groups is 1. The molecule has 0 spiro atoms. The lowest BCUT2D eigenvalue weighted by Crippen LogP contribution is -2.51. The molecule has 0 aromatic rings. The van der Waals surface area contributed by atoms with E-state index in [4.69, 9.17) is 0 Å². The van der Waals surface area contributed by atoms with Crippen LogP contribution in [-0.4, -0.2) is 54.2 Å². The molecule has 1 amide bonds. The van der Waals surface area contributed by atoms with E-state index in [9.17, 15) is 4.79 Å². The van der Waals surface area contributed by atoms with Gasteiger partial charge in [0.25, 0.3) is 0 Å². The predicted molar refractivity (Wildman–Crippen MR) is 68.8 cm³/mol. The van der Waals surface area contributed by atoms with E-state index in [0.29, 0.717) is 11.8 Å². The van der Waals surface area contributed by atoms with Gasteiger partial charge in [-0.2, -0.15) is 12.6 Å². The minimum absolute atomic E-state index is 0.365. The molecule has 1 saturated heterocycles. The molecule has 4 heteroatoms. The number of carbonyl (C=O) groups excluding carboxylic acids is 1.